The molecular weight excluding hydrogens is 1200 g/mol. The van der Waals surface area contributed by atoms with Crippen LogP contribution in [0.25, 0.3) is 0 Å². The molecule has 0 saturated heterocycles. The number of esters is 4. The Morgan fingerprint density at radius 3 is 0.978 bits per heavy atom. The zero-order valence-electron chi connectivity index (χ0n) is 58.8. The molecule has 0 aromatic rings. The number of carbonyl (C=O) groups excluding carboxylic acids is 4. The highest BCUT2D eigenvalue weighted by atomic mass is 31.2. The van der Waals surface area contributed by atoms with Crippen LogP contribution in [0.2, 0.25) is 0 Å². The average molecular weight is 1340 g/mol. The number of unbranched alkanes of at least 4 members (excludes halogenated alkanes) is 32. The summed E-state index contributed by atoms with van der Waals surface area (Å²) >= 11 is 0. The Kier molecular flexibility index (Phi) is 60.7. The van der Waals surface area contributed by atoms with Gasteiger partial charge in [-0.3, -0.25) is 37.3 Å². The molecule has 3 N–H and O–H groups in total. The lowest BCUT2D eigenvalue weighted by Crippen LogP contribution is -2.30. The van der Waals surface area contributed by atoms with E-state index in [1.165, 1.54) is 122 Å². The van der Waals surface area contributed by atoms with Crippen LogP contribution in [0.1, 0.15) is 337 Å². The highest BCUT2D eigenvalue weighted by Gasteiger charge is 2.30. The second-order valence-corrected chi connectivity index (χ2v) is 29.4. The molecule has 0 aromatic carbocycles. The van der Waals surface area contributed by atoms with E-state index in [9.17, 15) is 43.2 Å². The van der Waals surface area contributed by atoms with Crippen LogP contribution in [0.3, 0.4) is 0 Å². The minimum absolute atomic E-state index is 0.0957. The van der Waals surface area contributed by atoms with E-state index in [0.29, 0.717) is 37.5 Å². The van der Waals surface area contributed by atoms with Gasteiger partial charge in [-0.05, 0) is 69.1 Å². The number of rotatable bonds is 68. The van der Waals surface area contributed by atoms with Crippen molar-refractivity contribution < 1.29 is 80.2 Å². The minimum Gasteiger partial charge on any atom is -0.462 e. The molecule has 0 amide bonds. The standard InChI is InChI=1S/C72H136O17P2/c1-8-10-11-12-13-14-15-16-17-21-24-27-30-39-46-53-69(74)82-59-68(89-72(77)56-49-42-35-33-38-45-52-65(7)9-2)62-87-91(80,81)85-58-66(73)57-84-90(78,79)86-61-67(60-83-70(75)54-47-40-34-32-37-44-51-64(5)6)88-71(76)55-48-41-31-28-25-22-19-18-20-23-26-29-36-43-50-63(3)4/h14-17,63-68,73H,8-13,18-62H2,1-7H3,(H,78,79)(H,80,81)/b15-14-,17-16-/t65?,66-,67+,68+/m0/s1. The predicted octanol–water partition coefficient (Wildman–Crippen LogP) is 20.2. The first-order valence-electron chi connectivity index (χ1n) is 36.7. The molecule has 0 aromatic heterocycles. The van der Waals surface area contributed by atoms with Crippen molar-refractivity contribution in [3.63, 3.8) is 0 Å². The van der Waals surface area contributed by atoms with E-state index in [0.717, 1.165) is 121 Å². The summed E-state index contributed by atoms with van der Waals surface area (Å²) < 4.78 is 68.2. The summed E-state index contributed by atoms with van der Waals surface area (Å²) in [4.78, 5) is 72.5. The lowest BCUT2D eigenvalue weighted by atomic mass is 10.00. The fourth-order valence-electron chi connectivity index (χ4n) is 10.3. The van der Waals surface area contributed by atoms with Crippen molar-refractivity contribution in [3.8, 4) is 0 Å². The van der Waals surface area contributed by atoms with Gasteiger partial charge in [0.2, 0.25) is 0 Å². The third kappa shape index (κ3) is 64.6. The topological polar surface area (TPSA) is 237 Å². The zero-order chi connectivity index (χ0) is 67.3. The molecule has 0 aliphatic rings. The summed E-state index contributed by atoms with van der Waals surface area (Å²) in [5.41, 5.74) is 0. The van der Waals surface area contributed by atoms with Crippen LogP contribution in [0.15, 0.2) is 24.3 Å². The van der Waals surface area contributed by atoms with Crippen molar-refractivity contribution in [1.82, 2.24) is 0 Å². The Labute approximate surface area is 554 Å². The van der Waals surface area contributed by atoms with Crippen LogP contribution < -0.4 is 0 Å². The van der Waals surface area contributed by atoms with Crippen molar-refractivity contribution >= 4 is 39.5 Å². The van der Waals surface area contributed by atoms with Gasteiger partial charge in [0.15, 0.2) is 12.2 Å². The zero-order valence-corrected chi connectivity index (χ0v) is 60.6. The maximum atomic E-state index is 13.0. The van der Waals surface area contributed by atoms with Gasteiger partial charge >= 0.3 is 39.5 Å². The second-order valence-electron chi connectivity index (χ2n) is 26.5. The van der Waals surface area contributed by atoms with E-state index >= 15 is 0 Å². The van der Waals surface area contributed by atoms with Crippen LogP contribution >= 0.6 is 15.6 Å². The summed E-state index contributed by atoms with van der Waals surface area (Å²) in [6.07, 6.45) is 49.6. The fourth-order valence-corrected chi connectivity index (χ4v) is 11.9. The van der Waals surface area contributed by atoms with Gasteiger partial charge in [-0.1, -0.05) is 285 Å². The number of allylic oxidation sites excluding steroid dienone is 4. The molecule has 536 valence electrons. The van der Waals surface area contributed by atoms with Crippen molar-refractivity contribution in [3.05, 3.63) is 24.3 Å². The van der Waals surface area contributed by atoms with Gasteiger partial charge in [0.05, 0.1) is 26.4 Å². The number of aliphatic hydroxyl groups excluding tert-OH is 1. The van der Waals surface area contributed by atoms with Gasteiger partial charge in [-0.25, -0.2) is 9.13 Å². The highest BCUT2D eigenvalue weighted by molar-refractivity contribution is 7.47. The fraction of sp³-hybridized carbons (Fsp3) is 0.889. The lowest BCUT2D eigenvalue weighted by Gasteiger charge is -2.21. The third-order valence-electron chi connectivity index (χ3n) is 16.4. The first-order chi connectivity index (χ1) is 43.8. The molecule has 6 atom stereocenters. The summed E-state index contributed by atoms with van der Waals surface area (Å²) in [5, 5.41) is 10.6. The Morgan fingerprint density at radius 2 is 0.648 bits per heavy atom. The number of aliphatic hydroxyl groups is 1. The quantitative estimate of drug-likeness (QED) is 0.0169. The molecule has 0 rings (SSSR count). The molecule has 0 spiro atoms. The summed E-state index contributed by atoms with van der Waals surface area (Å²) in [6, 6.07) is 0. The van der Waals surface area contributed by atoms with Crippen LogP contribution in [-0.2, 0) is 65.4 Å². The van der Waals surface area contributed by atoms with Gasteiger partial charge < -0.3 is 33.8 Å². The van der Waals surface area contributed by atoms with Gasteiger partial charge in [-0.2, -0.15) is 0 Å². The number of carbonyl (C=O) groups is 4. The number of hydrogen-bond acceptors (Lipinski definition) is 15. The second kappa shape index (κ2) is 62.4. The Balaban J connectivity index is 5.23. The van der Waals surface area contributed by atoms with Crippen LogP contribution in [0, 0.1) is 17.8 Å². The lowest BCUT2D eigenvalue weighted by molar-refractivity contribution is -0.161. The highest BCUT2D eigenvalue weighted by Crippen LogP contribution is 2.45. The van der Waals surface area contributed by atoms with Crippen molar-refractivity contribution in [2.24, 2.45) is 17.8 Å². The van der Waals surface area contributed by atoms with Gasteiger partial charge in [0.1, 0.15) is 19.3 Å². The van der Waals surface area contributed by atoms with E-state index < -0.39 is 97.5 Å². The van der Waals surface area contributed by atoms with Crippen molar-refractivity contribution in [1.29, 1.82) is 0 Å². The summed E-state index contributed by atoms with van der Waals surface area (Å²) in [7, 11) is -9.91. The first-order valence-corrected chi connectivity index (χ1v) is 39.7. The Morgan fingerprint density at radius 1 is 0.363 bits per heavy atom. The SMILES string of the molecule is CCCCCC/C=C\C=C/CCCCCCCC(=O)OC[C@H](COP(=O)(O)OC[C@@H](O)COP(=O)(O)OC[C@@H](COC(=O)CCCCCCCCC(C)C)OC(=O)CCCCCCCCCCCCCCCCC(C)C)OC(=O)CCCCCCCCC(C)CC. The molecule has 19 heteroatoms. The van der Waals surface area contributed by atoms with E-state index in [4.69, 9.17) is 37.0 Å². The van der Waals surface area contributed by atoms with Crippen molar-refractivity contribution in [2.75, 3.05) is 39.6 Å². The van der Waals surface area contributed by atoms with E-state index in [1.54, 1.807) is 0 Å². The van der Waals surface area contributed by atoms with Crippen LogP contribution in [-0.4, -0.2) is 96.7 Å². The molecule has 0 bridgehead atoms. The maximum Gasteiger partial charge on any atom is 0.472 e. The molecule has 91 heavy (non-hydrogen) atoms. The number of hydrogen-bond donors (Lipinski definition) is 3. The van der Waals surface area contributed by atoms with Gasteiger partial charge in [-0.15, -0.1) is 0 Å². The van der Waals surface area contributed by atoms with Crippen LogP contribution in [0.4, 0.5) is 0 Å². The molecule has 0 radical (unpaired) electrons. The van der Waals surface area contributed by atoms with Crippen molar-refractivity contribution in [2.45, 2.75) is 356 Å². The molecule has 3 unspecified atom stereocenters. The largest absolute Gasteiger partial charge is 0.472 e. The number of phosphoric ester groups is 2. The molecule has 17 nitrogen and oxygen atoms in total. The predicted molar refractivity (Wildman–Crippen MR) is 367 cm³/mol. The molecule has 0 aliphatic carbocycles. The number of phosphoric acid groups is 2. The summed E-state index contributed by atoms with van der Waals surface area (Å²) in [6.45, 7) is 11.7. The maximum absolute atomic E-state index is 13.0. The monoisotopic (exact) mass is 1330 g/mol. The van der Waals surface area contributed by atoms with Crippen LogP contribution in [0.5, 0.6) is 0 Å². The van der Waals surface area contributed by atoms with Gasteiger partial charge in [0, 0.05) is 25.7 Å². The molecular formula is C72H136O17P2. The summed E-state index contributed by atoms with van der Waals surface area (Å²) in [5.74, 6) is 0.0287. The van der Waals surface area contributed by atoms with E-state index in [1.807, 2.05) is 0 Å². The Bertz CT molecular complexity index is 1880. The third-order valence-corrected chi connectivity index (χ3v) is 18.3. The molecule has 0 saturated carbocycles. The Hall–Kier alpha value is -2.46. The smallest absolute Gasteiger partial charge is 0.462 e. The molecule has 0 fully saturated rings. The van der Waals surface area contributed by atoms with E-state index in [2.05, 4.69) is 72.8 Å². The normalized spacial score (nSPS) is 14.6. The molecule has 0 aliphatic heterocycles. The van der Waals surface area contributed by atoms with Gasteiger partial charge in [0.25, 0.3) is 0 Å². The first kappa shape index (κ1) is 88.5. The molecule has 0 heterocycles. The van der Waals surface area contributed by atoms with E-state index in [-0.39, 0.29) is 25.7 Å². The average Bonchev–Trinajstić information content (AvgIpc) is 3.60. The number of ether oxygens (including phenoxy) is 4. The minimum atomic E-state index is -4.96.